The summed E-state index contributed by atoms with van der Waals surface area (Å²) in [5.41, 5.74) is 0.392. The van der Waals surface area contributed by atoms with Crippen LogP contribution >= 0.6 is 23.3 Å². The molecule has 1 aromatic heterocycles. The maximum absolute atomic E-state index is 16.1. The Morgan fingerprint density at radius 2 is 1.68 bits per heavy atom. The molecule has 2 fully saturated rings. The number of carbonyl (C=O) groups excluding carboxylic acids is 1. The number of halogens is 2. The molecule has 1 amide bonds. The van der Waals surface area contributed by atoms with Gasteiger partial charge in [0.25, 0.3) is 11.8 Å². The molecule has 0 radical (unpaired) electrons. The Bertz CT molecular complexity index is 1270. The van der Waals surface area contributed by atoms with Gasteiger partial charge in [-0.2, -0.15) is 8.78 Å². The second-order valence-electron chi connectivity index (χ2n) is 11.4. The fourth-order valence-corrected chi connectivity index (χ4v) is 6.94. The van der Waals surface area contributed by atoms with Gasteiger partial charge in [0.2, 0.25) is 0 Å². The van der Waals surface area contributed by atoms with Gasteiger partial charge in [-0.1, -0.05) is 49.6 Å². The molecule has 4 nitrogen and oxygen atoms in total. The van der Waals surface area contributed by atoms with Gasteiger partial charge in [0, 0.05) is 28.0 Å². The highest BCUT2D eigenvalue weighted by atomic mass is 32.2. The van der Waals surface area contributed by atoms with Crippen LogP contribution in [-0.4, -0.2) is 22.5 Å². The van der Waals surface area contributed by atoms with E-state index in [4.69, 9.17) is 0 Å². The number of benzene rings is 2. The van der Waals surface area contributed by atoms with E-state index in [2.05, 4.69) is 35.8 Å². The van der Waals surface area contributed by atoms with E-state index in [0.29, 0.717) is 23.3 Å². The summed E-state index contributed by atoms with van der Waals surface area (Å²) in [5, 5.41) is 4.99. The molecule has 8 heteroatoms. The second kappa shape index (κ2) is 10.6. The monoisotopic (exact) mass is 543 g/mol. The molecule has 0 saturated heterocycles. The van der Waals surface area contributed by atoms with Crippen molar-refractivity contribution in [1.29, 1.82) is 0 Å². The third kappa shape index (κ3) is 5.71. The first-order chi connectivity index (χ1) is 17.6. The maximum Gasteiger partial charge on any atom is 0.293 e. The van der Waals surface area contributed by atoms with Gasteiger partial charge in [0.15, 0.2) is 5.01 Å². The highest BCUT2D eigenvalue weighted by molar-refractivity contribution is 7.97. The number of hydrogen-bond acceptors (Lipinski definition) is 5. The summed E-state index contributed by atoms with van der Waals surface area (Å²) in [4.78, 5) is 18.8. The molecule has 2 aliphatic carbocycles. The normalized spacial score (nSPS) is 17.6. The lowest BCUT2D eigenvalue weighted by molar-refractivity contribution is -0.0804. The Morgan fingerprint density at radius 1 is 0.973 bits per heavy atom. The highest BCUT2D eigenvalue weighted by Crippen LogP contribution is 2.49. The van der Waals surface area contributed by atoms with Gasteiger partial charge in [-0.25, -0.2) is 4.98 Å². The summed E-state index contributed by atoms with van der Waals surface area (Å²) in [5.74, 6) is -4.18. The van der Waals surface area contributed by atoms with Crippen molar-refractivity contribution in [2.45, 2.75) is 94.5 Å². The average Bonchev–Trinajstić information content (AvgIpc) is 3.31. The Balaban J connectivity index is 1.60. The minimum atomic E-state index is -3.09. The number of hydrogen-bond donors (Lipinski definition) is 2. The van der Waals surface area contributed by atoms with E-state index in [-0.39, 0.29) is 28.2 Å². The van der Waals surface area contributed by atoms with E-state index in [1.54, 1.807) is 11.9 Å². The number of alkyl halides is 2. The number of amides is 1. The van der Waals surface area contributed by atoms with Crippen molar-refractivity contribution in [2.24, 2.45) is 5.92 Å². The number of rotatable bonds is 7. The van der Waals surface area contributed by atoms with Crippen LogP contribution in [0.15, 0.2) is 41.3 Å². The Labute approximate surface area is 226 Å². The summed E-state index contributed by atoms with van der Waals surface area (Å²) < 4.78 is 35.7. The topological polar surface area (TPSA) is 54.0 Å². The molecule has 0 unspecified atom stereocenters. The number of nitrogens with one attached hydrogen (secondary N) is 2. The minimum absolute atomic E-state index is 0.0833. The van der Waals surface area contributed by atoms with Crippen LogP contribution in [0.1, 0.15) is 87.6 Å². The molecule has 1 heterocycles. The van der Waals surface area contributed by atoms with Gasteiger partial charge < -0.3 is 5.32 Å². The first kappa shape index (κ1) is 26.6. The van der Waals surface area contributed by atoms with Crippen molar-refractivity contribution >= 4 is 40.0 Å². The van der Waals surface area contributed by atoms with Gasteiger partial charge in [-0.3, -0.25) is 9.52 Å². The first-order valence-corrected chi connectivity index (χ1v) is 14.9. The molecule has 3 aromatic rings. The zero-order valence-corrected chi connectivity index (χ0v) is 23.3. The lowest BCUT2D eigenvalue weighted by atomic mass is 9.82. The van der Waals surface area contributed by atoms with E-state index in [1.165, 1.54) is 0 Å². The number of carbonyl (C=O) groups is 1. The van der Waals surface area contributed by atoms with E-state index in [1.807, 2.05) is 36.4 Å². The molecule has 5 rings (SSSR count). The van der Waals surface area contributed by atoms with Crippen molar-refractivity contribution in [3.63, 3.8) is 0 Å². The second-order valence-corrected chi connectivity index (χ2v) is 13.2. The van der Waals surface area contributed by atoms with Gasteiger partial charge >= 0.3 is 0 Å². The van der Waals surface area contributed by atoms with Crippen LogP contribution in [0, 0.1) is 5.92 Å². The summed E-state index contributed by atoms with van der Waals surface area (Å²) in [6.07, 6.45) is 6.54. The SMILES string of the molecule is CC(C)(C)NSc1ccc(-c2sc(C(=O)NC3CCC3)nc2C(F)(F)C2CCCCC2)c2ccccc12. The number of thiazole rings is 1. The summed E-state index contributed by atoms with van der Waals surface area (Å²) >= 11 is 2.65. The minimum Gasteiger partial charge on any atom is -0.347 e. The summed E-state index contributed by atoms with van der Waals surface area (Å²) in [6.45, 7) is 6.30. The smallest absolute Gasteiger partial charge is 0.293 e. The average molecular weight is 544 g/mol. The fraction of sp³-hybridized carbons (Fsp3) is 0.517. The lowest BCUT2D eigenvalue weighted by Crippen LogP contribution is -2.39. The molecule has 37 heavy (non-hydrogen) atoms. The third-order valence-corrected chi connectivity index (χ3v) is 9.67. The van der Waals surface area contributed by atoms with Crippen molar-refractivity contribution in [1.82, 2.24) is 15.0 Å². The van der Waals surface area contributed by atoms with E-state index in [9.17, 15) is 4.79 Å². The van der Waals surface area contributed by atoms with E-state index < -0.39 is 11.8 Å². The number of fused-ring (bicyclic) bond motifs is 1. The third-order valence-electron chi connectivity index (χ3n) is 7.29. The summed E-state index contributed by atoms with van der Waals surface area (Å²) in [7, 11) is 0. The molecule has 2 saturated carbocycles. The van der Waals surface area contributed by atoms with Crippen LogP contribution in [0.5, 0.6) is 0 Å². The quantitative estimate of drug-likeness (QED) is 0.294. The molecular weight excluding hydrogens is 508 g/mol. The van der Waals surface area contributed by atoms with Gasteiger partial charge in [0.05, 0.1) is 4.88 Å². The maximum atomic E-state index is 16.1. The molecule has 0 aliphatic heterocycles. The van der Waals surface area contributed by atoms with Gasteiger partial charge in [0.1, 0.15) is 5.69 Å². The van der Waals surface area contributed by atoms with Crippen LogP contribution in [-0.2, 0) is 5.92 Å². The molecule has 2 aliphatic rings. The Morgan fingerprint density at radius 3 is 2.32 bits per heavy atom. The van der Waals surface area contributed by atoms with Gasteiger partial charge in [-0.15, -0.1) is 11.3 Å². The standard InChI is InChI=1S/C29H35F2N3OS2/c1-28(2,3)34-37-23-17-16-22(20-14-7-8-15-21(20)23)24-25(29(30,31)18-10-5-4-6-11-18)33-27(36-24)26(35)32-19-12-9-13-19/h7-8,14-19,34H,4-6,9-13H2,1-3H3,(H,32,35). The number of nitrogens with zero attached hydrogens (tertiary/aromatic N) is 1. The fourth-order valence-electron chi connectivity index (χ4n) is 5.05. The Hall–Kier alpha value is -2.03. The predicted molar refractivity (Wildman–Crippen MR) is 149 cm³/mol. The van der Waals surface area contributed by atoms with Crippen LogP contribution in [0.3, 0.4) is 0 Å². The van der Waals surface area contributed by atoms with Crippen molar-refractivity contribution in [2.75, 3.05) is 0 Å². The van der Waals surface area contributed by atoms with Crippen molar-refractivity contribution < 1.29 is 13.6 Å². The van der Waals surface area contributed by atoms with Crippen LogP contribution in [0.4, 0.5) is 8.78 Å². The molecule has 0 spiro atoms. The predicted octanol–water partition coefficient (Wildman–Crippen LogP) is 8.31. The van der Waals surface area contributed by atoms with E-state index >= 15 is 8.78 Å². The zero-order valence-electron chi connectivity index (χ0n) is 21.7. The van der Waals surface area contributed by atoms with Crippen LogP contribution in [0.25, 0.3) is 21.2 Å². The largest absolute Gasteiger partial charge is 0.347 e. The van der Waals surface area contributed by atoms with Crippen molar-refractivity contribution in [3.05, 3.63) is 47.1 Å². The summed E-state index contributed by atoms with van der Waals surface area (Å²) in [6, 6.07) is 11.9. The zero-order chi connectivity index (χ0) is 26.2. The lowest BCUT2D eigenvalue weighted by Gasteiger charge is -2.29. The molecule has 2 N–H and O–H groups in total. The van der Waals surface area contributed by atoms with Crippen molar-refractivity contribution in [3.8, 4) is 10.4 Å². The van der Waals surface area contributed by atoms with Crippen LogP contribution < -0.4 is 10.0 Å². The van der Waals surface area contributed by atoms with E-state index in [0.717, 1.165) is 65.5 Å². The molecule has 2 aromatic carbocycles. The number of aromatic nitrogens is 1. The molecular formula is C29H35F2N3OS2. The first-order valence-electron chi connectivity index (χ1n) is 13.3. The van der Waals surface area contributed by atoms with Crippen LogP contribution in [0.2, 0.25) is 0 Å². The molecule has 0 bridgehead atoms. The highest BCUT2D eigenvalue weighted by Gasteiger charge is 2.46. The molecule has 0 atom stereocenters. The molecule has 198 valence electrons. The Kier molecular flexibility index (Phi) is 7.63. The van der Waals surface area contributed by atoms with Gasteiger partial charge in [-0.05, 0) is 81.7 Å².